The monoisotopic (exact) mass is 587 g/mol. The van der Waals surface area contributed by atoms with Crippen molar-refractivity contribution in [2.24, 2.45) is 0 Å². The van der Waals surface area contributed by atoms with E-state index >= 15 is 0 Å². The minimum absolute atomic E-state index is 0.0778. The second-order valence-electron chi connectivity index (χ2n) is 5.99. The third kappa shape index (κ3) is 3.30. The molecule has 0 amide bonds. The number of hydrogen-bond acceptors (Lipinski definition) is 5. The first kappa shape index (κ1) is 19.9. The van der Waals surface area contributed by atoms with Crippen molar-refractivity contribution in [1.82, 2.24) is 10.1 Å². The molecule has 6 nitrogen and oxygen atoms in total. The summed E-state index contributed by atoms with van der Waals surface area (Å²) in [6, 6.07) is 9.37. The van der Waals surface area contributed by atoms with E-state index in [0.29, 0.717) is 19.8 Å². The van der Waals surface area contributed by atoms with Crippen LogP contribution in [-0.2, 0) is 0 Å². The molecule has 3 N–H and O–H groups in total. The van der Waals surface area contributed by atoms with Crippen molar-refractivity contribution < 1.29 is 9.79 Å². The maximum Gasteiger partial charge on any atom is 0.325 e. The zero-order chi connectivity index (χ0) is 20.0. The van der Waals surface area contributed by atoms with Gasteiger partial charge in [-0.25, -0.2) is 0 Å². The van der Waals surface area contributed by atoms with Crippen molar-refractivity contribution in [3.8, 4) is 17.0 Å². The molecule has 28 heavy (non-hydrogen) atoms. The van der Waals surface area contributed by atoms with Crippen molar-refractivity contribution in [3.05, 3.63) is 59.7 Å². The van der Waals surface area contributed by atoms with Crippen LogP contribution in [0.4, 0.5) is 5.69 Å². The Labute approximate surface area is 190 Å². The fraction of sp³-hybridized carbons (Fsp3) is 0.167. The minimum Gasteiger partial charge on any atom is -0.506 e. The summed E-state index contributed by atoms with van der Waals surface area (Å²) in [7, 11) is 0. The van der Waals surface area contributed by atoms with Crippen LogP contribution >= 0.6 is 59.6 Å². The van der Waals surface area contributed by atoms with Gasteiger partial charge in [0.15, 0.2) is 0 Å². The average Bonchev–Trinajstić information content (AvgIpc) is 2.66. The lowest BCUT2D eigenvalue weighted by Crippen LogP contribution is -2.55. The Bertz CT molecular complexity index is 1150. The topological polar surface area (TPSA) is 81.9 Å². The second kappa shape index (κ2) is 7.81. The molecule has 1 aromatic heterocycles. The van der Waals surface area contributed by atoms with E-state index in [9.17, 15) is 9.90 Å². The van der Waals surface area contributed by atoms with Gasteiger partial charge in [0.1, 0.15) is 5.75 Å². The average molecular weight is 590 g/mol. The number of nitrogens with zero attached hydrogens (tertiary/aromatic N) is 2. The number of hydrogen-bond donors (Lipinski definition) is 3. The summed E-state index contributed by atoms with van der Waals surface area (Å²) in [6.45, 7) is 2.00. The number of phenols is 1. The third-order valence-corrected chi connectivity index (χ3v) is 7.13. The molecule has 0 fully saturated rings. The predicted molar refractivity (Wildman–Crippen MR) is 120 cm³/mol. The molecule has 0 unspecified atom stereocenters. The molecule has 0 saturated carbocycles. The van der Waals surface area contributed by atoms with Gasteiger partial charge in [-0.1, -0.05) is 46.7 Å². The quantitative estimate of drug-likeness (QED) is 0.302. The Morgan fingerprint density at radius 3 is 2.75 bits per heavy atom. The van der Waals surface area contributed by atoms with Crippen LogP contribution < -0.4 is 15.6 Å². The maximum atomic E-state index is 13.0. The standard InChI is InChI=1S/C18H13Br3N4O2S/c1-2-28-18-23-17(27)14-8-5-3-4-6-11(8)22-16(25(14)24-18)12-9(19)7-10(20)15(26)13(12)21/h3-7,16H,2H2,1H3,(H2,23,24,26,27)/p+1/t16-/m0/s1. The van der Waals surface area contributed by atoms with E-state index < -0.39 is 6.17 Å². The van der Waals surface area contributed by atoms with Gasteiger partial charge in [0, 0.05) is 9.57 Å². The van der Waals surface area contributed by atoms with Crippen LogP contribution in [0.5, 0.6) is 5.75 Å². The number of H-pyrrole nitrogens is 1. The summed E-state index contributed by atoms with van der Waals surface area (Å²) in [5, 5.41) is 19.1. The van der Waals surface area contributed by atoms with Crippen molar-refractivity contribution in [1.29, 1.82) is 0 Å². The molecule has 2 heterocycles. The van der Waals surface area contributed by atoms with Crippen LogP contribution in [0.25, 0.3) is 11.3 Å². The van der Waals surface area contributed by atoms with Crippen molar-refractivity contribution >= 4 is 65.2 Å². The Morgan fingerprint density at radius 1 is 1.25 bits per heavy atom. The summed E-state index contributed by atoms with van der Waals surface area (Å²) in [5.41, 5.74) is 2.57. The number of aromatic amines is 1. The first-order valence-electron chi connectivity index (χ1n) is 8.33. The Balaban J connectivity index is 2.03. The highest BCUT2D eigenvalue weighted by molar-refractivity contribution is 9.11. The van der Waals surface area contributed by atoms with Crippen LogP contribution in [0.2, 0.25) is 0 Å². The lowest BCUT2D eigenvalue weighted by atomic mass is 10.0. The lowest BCUT2D eigenvalue weighted by Gasteiger charge is -2.24. The van der Waals surface area contributed by atoms with E-state index in [-0.39, 0.29) is 11.3 Å². The molecule has 1 atom stereocenters. The Morgan fingerprint density at radius 2 is 2.00 bits per heavy atom. The summed E-state index contributed by atoms with van der Waals surface area (Å²) in [4.78, 5) is 15.8. The highest BCUT2D eigenvalue weighted by Crippen LogP contribution is 2.43. The minimum atomic E-state index is -0.508. The molecule has 0 aliphatic carbocycles. The van der Waals surface area contributed by atoms with Gasteiger partial charge in [0.05, 0.1) is 25.8 Å². The Kier molecular flexibility index (Phi) is 5.56. The van der Waals surface area contributed by atoms with Gasteiger partial charge < -0.3 is 10.4 Å². The predicted octanol–water partition coefficient (Wildman–Crippen LogP) is 4.80. The number of phenolic OH excluding ortho intramolecular Hbond substituents is 1. The van der Waals surface area contributed by atoms with Crippen molar-refractivity contribution in [3.63, 3.8) is 0 Å². The zero-order valence-electron chi connectivity index (χ0n) is 14.5. The molecule has 3 aromatic rings. The Hall–Kier alpha value is -1.36. The fourth-order valence-electron chi connectivity index (χ4n) is 3.13. The molecule has 1 aliphatic heterocycles. The largest absolute Gasteiger partial charge is 0.506 e. The molecule has 0 spiro atoms. The normalized spacial score (nSPS) is 14.9. The third-order valence-electron chi connectivity index (χ3n) is 4.32. The molecular weight excluding hydrogens is 576 g/mol. The summed E-state index contributed by atoms with van der Waals surface area (Å²) in [5.74, 6) is 0.859. The van der Waals surface area contributed by atoms with Gasteiger partial charge in [0.2, 0.25) is 5.16 Å². The van der Waals surface area contributed by atoms with Gasteiger partial charge in [-0.15, -0.1) is 0 Å². The number of thioether (sulfide) groups is 1. The molecule has 0 saturated heterocycles. The van der Waals surface area contributed by atoms with Gasteiger partial charge in [0.25, 0.3) is 6.17 Å². The van der Waals surface area contributed by atoms with Gasteiger partial charge >= 0.3 is 11.3 Å². The molecule has 10 heteroatoms. The van der Waals surface area contributed by atoms with E-state index in [2.05, 4.69) is 63.2 Å². The number of aromatic hydroxyl groups is 1. The van der Waals surface area contributed by atoms with Gasteiger partial charge in [-0.2, -0.15) is 0 Å². The SMILES string of the molecule is CCSc1n[n+]2c(c(=O)[nH]1)-c1ccccc1N[C@@H]2c1c(Br)cc(Br)c(O)c1Br. The fourth-order valence-corrected chi connectivity index (χ4v) is 6.27. The summed E-state index contributed by atoms with van der Waals surface area (Å²) < 4.78 is 3.50. The number of anilines is 1. The number of rotatable bonds is 3. The molecular formula is C18H14Br3N4O2S+. The highest BCUT2D eigenvalue weighted by atomic mass is 79.9. The molecule has 0 radical (unpaired) electrons. The van der Waals surface area contributed by atoms with E-state index in [0.717, 1.165) is 27.0 Å². The van der Waals surface area contributed by atoms with Gasteiger partial charge in [-0.05, 0) is 60.5 Å². The van der Waals surface area contributed by atoms with Crippen molar-refractivity contribution in [2.45, 2.75) is 18.2 Å². The van der Waals surface area contributed by atoms with Crippen LogP contribution in [0.3, 0.4) is 0 Å². The van der Waals surface area contributed by atoms with Gasteiger partial charge in [-0.3, -0.25) is 9.78 Å². The molecule has 0 bridgehead atoms. The molecule has 1 aliphatic rings. The number of para-hydroxylation sites is 1. The first-order valence-corrected chi connectivity index (χ1v) is 11.7. The lowest BCUT2D eigenvalue weighted by molar-refractivity contribution is -0.759. The summed E-state index contributed by atoms with van der Waals surface area (Å²) in [6.07, 6.45) is -0.508. The van der Waals surface area contributed by atoms with Crippen LogP contribution in [0, 0.1) is 0 Å². The number of aromatic nitrogens is 3. The van der Waals surface area contributed by atoms with Crippen LogP contribution in [0.15, 0.2) is 53.7 Å². The second-order valence-corrected chi connectivity index (χ2v) is 9.75. The van der Waals surface area contributed by atoms with Crippen LogP contribution in [0.1, 0.15) is 18.7 Å². The van der Waals surface area contributed by atoms with E-state index in [1.54, 1.807) is 10.7 Å². The van der Waals surface area contributed by atoms with E-state index in [1.165, 1.54) is 11.8 Å². The summed E-state index contributed by atoms with van der Waals surface area (Å²) >= 11 is 11.9. The molecule has 2 aromatic carbocycles. The maximum absolute atomic E-state index is 13.0. The van der Waals surface area contributed by atoms with E-state index in [4.69, 9.17) is 0 Å². The first-order chi connectivity index (χ1) is 13.4. The zero-order valence-corrected chi connectivity index (χ0v) is 20.0. The van der Waals surface area contributed by atoms with E-state index in [1.807, 2.05) is 31.2 Å². The number of halogens is 3. The molecule has 4 rings (SSSR count). The smallest absolute Gasteiger partial charge is 0.325 e. The number of fused-ring (bicyclic) bond motifs is 3. The molecule has 144 valence electrons. The highest BCUT2D eigenvalue weighted by Gasteiger charge is 2.40. The number of benzene rings is 2. The van der Waals surface area contributed by atoms with Crippen molar-refractivity contribution in [2.75, 3.05) is 11.1 Å². The number of nitrogens with one attached hydrogen (secondary N) is 2. The van der Waals surface area contributed by atoms with Crippen LogP contribution in [-0.4, -0.2) is 20.9 Å².